The zero-order valence-corrected chi connectivity index (χ0v) is 13.0. The molecule has 0 unspecified atom stereocenters. The lowest BCUT2D eigenvalue weighted by Gasteiger charge is -2.39. The Balaban J connectivity index is 1.57. The lowest BCUT2D eigenvalue weighted by molar-refractivity contribution is 0.225. The molecule has 0 aliphatic heterocycles. The Kier molecular flexibility index (Phi) is 3.45. The van der Waals surface area contributed by atoms with Crippen LogP contribution >= 0.6 is 0 Å². The Morgan fingerprint density at radius 1 is 1.27 bits per heavy atom. The minimum atomic E-state index is -0.0543. The molecule has 2 aliphatic rings. The molecular formula is C17H22N4O. The quantitative estimate of drug-likeness (QED) is 0.820. The summed E-state index contributed by atoms with van der Waals surface area (Å²) in [6, 6.07) is 4.88. The van der Waals surface area contributed by atoms with Gasteiger partial charge in [-0.05, 0) is 49.9 Å². The van der Waals surface area contributed by atoms with Crippen LogP contribution in [0.15, 0.2) is 29.0 Å². The maximum Gasteiger partial charge on any atom is 0.240 e. The molecule has 2 aliphatic carbocycles. The zero-order valence-electron chi connectivity index (χ0n) is 13.0. The summed E-state index contributed by atoms with van der Waals surface area (Å²) in [7, 11) is 0. The maximum absolute atomic E-state index is 5.56. The molecule has 0 atom stereocenters. The fourth-order valence-corrected chi connectivity index (χ4v) is 3.47. The van der Waals surface area contributed by atoms with Crippen LogP contribution in [0.5, 0.6) is 0 Å². The van der Waals surface area contributed by atoms with Crippen molar-refractivity contribution in [1.29, 1.82) is 0 Å². The predicted octanol–water partition coefficient (Wildman–Crippen LogP) is 2.92. The summed E-state index contributed by atoms with van der Waals surface area (Å²) in [5.41, 5.74) is 1.21. The van der Waals surface area contributed by atoms with E-state index in [0.717, 1.165) is 43.7 Å². The molecule has 0 N–H and O–H groups in total. The molecule has 0 bridgehead atoms. The molecule has 2 heterocycles. The van der Waals surface area contributed by atoms with Crippen LogP contribution in [-0.4, -0.2) is 32.6 Å². The van der Waals surface area contributed by atoms with Crippen LogP contribution in [-0.2, 0) is 12.0 Å². The first-order chi connectivity index (χ1) is 10.8. The minimum Gasteiger partial charge on any atom is -0.338 e. The lowest BCUT2D eigenvalue weighted by atomic mass is 9.64. The molecule has 116 valence electrons. The molecule has 0 radical (unpaired) electrons. The van der Waals surface area contributed by atoms with Crippen molar-refractivity contribution in [3.8, 4) is 0 Å². The van der Waals surface area contributed by atoms with Gasteiger partial charge in [0.05, 0.1) is 12.0 Å². The van der Waals surface area contributed by atoms with Gasteiger partial charge in [0.15, 0.2) is 5.82 Å². The molecule has 2 saturated carbocycles. The molecule has 5 heteroatoms. The van der Waals surface area contributed by atoms with E-state index in [9.17, 15) is 0 Å². The number of hydrogen-bond acceptors (Lipinski definition) is 5. The van der Waals surface area contributed by atoms with Crippen molar-refractivity contribution < 1.29 is 4.52 Å². The Hall–Kier alpha value is -1.75. The van der Waals surface area contributed by atoms with Crippen molar-refractivity contribution in [1.82, 2.24) is 20.0 Å². The highest BCUT2D eigenvalue weighted by Gasteiger charge is 2.44. The van der Waals surface area contributed by atoms with Crippen molar-refractivity contribution in [2.24, 2.45) is 0 Å². The van der Waals surface area contributed by atoms with Crippen LogP contribution in [0.2, 0.25) is 0 Å². The summed E-state index contributed by atoms with van der Waals surface area (Å²) in [4.78, 5) is 11.3. The van der Waals surface area contributed by atoms with Crippen molar-refractivity contribution in [3.63, 3.8) is 0 Å². The van der Waals surface area contributed by atoms with Gasteiger partial charge in [-0.2, -0.15) is 4.98 Å². The molecule has 4 rings (SSSR count). The van der Waals surface area contributed by atoms with Gasteiger partial charge in [0.1, 0.15) is 0 Å². The maximum atomic E-state index is 5.56. The van der Waals surface area contributed by atoms with Crippen LogP contribution in [0.25, 0.3) is 0 Å². The van der Waals surface area contributed by atoms with E-state index in [1.165, 1.54) is 24.8 Å². The summed E-state index contributed by atoms with van der Waals surface area (Å²) in [6.07, 6.45) is 9.71. The topological polar surface area (TPSA) is 55.1 Å². The second-order valence-electron chi connectivity index (χ2n) is 6.48. The molecule has 2 aromatic rings. The first-order valence-corrected chi connectivity index (χ1v) is 8.29. The Morgan fingerprint density at radius 2 is 2.05 bits per heavy atom. The normalized spacial score (nSPS) is 20.1. The van der Waals surface area contributed by atoms with Crippen molar-refractivity contribution in [2.45, 2.75) is 57.0 Å². The van der Waals surface area contributed by atoms with Crippen molar-refractivity contribution in [3.05, 3.63) is 41.8 Å². The summed E-state index contributed by atoms with van der Waals surface area (Å²) >= 11 is 0. The number of nitrogens with zero attached hydrogens (tertiary/aromatic N) is 4. The summed E-state index contributed by atoms with van der Waals surface area (Å²) in [5.74, 6) is 1.61. The molecule has 0 saturated heterocycles. The Labute approximate surface area is 130 Å². The van der Waals surface area contributed by atoms with E-state index in [1.54, 1.807) is 0 Å². The van der Waals surface area contributed by atoms with Crippen LogP contribution in [0.3, 0.4) is 0 Å². The highest BCUT2D eigenvalue weighted by atomic mass is 16.5. The summed E-state index contributed by atoms with van der Waals surface area (Å²) < 4.78 is 5.56. The molecule has 0 aromatic carbocycles. The third-order valence-corrected chi connectivity index (χ3v) is 5.14. The highest BCUT2D eigenvalue weighted by Crippen LogP contribution is 2.47. The van der Waals surface area contributed by atoms with E-state index in [2.05, 4.69) is 34.1 Å². The third-order valence-electron chi connectivity index (χ3n) is 5.14. The average Bonchev–Trinajstić information content (AvgIpc) is 3.25. The van der Waals surface area contributed by atoms with Gasteiger partial charge < -0.3 is 4.52 Å². The molecule has 2 fully saturated rings. The van der Waals surface area contributed by atoms with Crippen molar-refractivity contribution in [2.75, 3.05) is 6.54 Å². The van der Waals surface area contributed by atoms with Gasteiger partial charge in [0.25, 0.3) is 0 Å². The molecular weight excluding hydrogens is 276 g/mol. The molecule has 22 heavy (non-hydrogen) atoms. The molecule has 5 nitrogen and oxygen atoms in total. The van der Waals surface area contributed by atoms with E-state index in [4.69, 9.17) is 9.51 Å². The molecule has 0 amide bonds. The second kappa shape index (κ2) is 5.47. The first kappa shape index (κ1) is 13.9. The standard InChI is InChI=1S/C17H22N4O/c1-2-21(14-4-5-14)12-15-19-16(20-22-15)17(8-3-9-17)13-6-10-18-11-7-13/h6-7,10-11,14H,2-5,8-9,12H2,1H3. The first-order valence-electron chi connectivity index (χ1n) is 8.29. The lowest BCUT2D eigenvalue weighted by Crippen LogP contribution is -2.36. The second-order valence-corrected chi connectivity index (χ2v) is 6.48. The number of pyridine rings is 1. The van der Waals surface area contributed by atoms with Gasteiger partial charge in [-0.25, -0.2) is 0 Å². The van der Waals surface area contributed by atoms with Gasteiger partial charge in [-0.3, -0.25) is 9.88 Å². The number of aromatic nitrogens is 3. The monoisotopic (exact) mass is 298 g/mol. The minimum absolute atomic E-state index is 0.0543. The van der Waals surface area contributed by atoms with Gasteiger partial charge in [-0.1, -0.05) is 18.5 Å². The number of hydrogen-bond donors (Lipinski definition) is 0. The van der Waals surface area contributed by atoms with Crippen LogP contribution in [0.1, 0.15) is 56.3 Å². The summed E-state index contributed by atoms with van der Waals surface area (Å²) in [6.45, 7) is 4.01. The fourth-order valence-electron chi connectivity index (χ4n) is 3.47. The third kappa shape index (κ3) is 2.33. The Morgan fingerprint density at radius 3 is 2.64 bits per heavy atom. The molecule has 2 aromatic heterocycles. The highest BCUT2D eigenvalue weighted by molar-refractivity contribution is 5.33. The van der Waals surface area contributed by atoms with Gasteiger partial charge in [0, 0.05) is 18.4 Å². The van der Waals surface area contributed by atoms with E-state index < -0.39 is 0 Å². The molecule has 0 spiro atoms. The van der Waals surface area contributed by atoms with E-state index in [1.807, 2.05) is 12.4 Å². The zero-order chi connectivity index (χ0) is 15.0. The van der Waals surface area contributed by atoms with Crippen molar-refractivity contribution >= 4 is 0 Å². The van der Waals surface area contributed by atoms with E-state index >= 15 is 0 Å². The SMILES string of the molecule is CCN(Cc1nc(C2(c3ccncc3)CCC2)no1)C1CC1. The van der Waals surface area contributed by atoms with Gasteiger partial charge >= 0.3 is 0 Å². The van der Waals surface area contributed by atoms with Gasteiger partial charge in [0.2, 0.25) is 5.89 Å². The van der Waals surface area contributed by atoms with E-state index in [-0.39, 0.29) is 5.41 Å². The summed E-state index contributed by atoms with van der Waals surface area (Å²) in [5, 5.41) is 4.32. The predicted molar refractivity (Wildman–Crippen MR) is 82.3 cm³/mol. The fraction of sp³-hybridized carbons (Fsp3) is 0.588. The largest absolute Gasteiger partial charge is 0.338 e. The van der Waals surface area contributed by atoms with Crippen LogP contribution in [0, 0.1) is 0 Å². The van der Waals surface area contributed by atoms with Crippen LogP contribution in [0.4, 0.5) is 0 Å². The van der Waals surface area contributed by atoms with E-state index in [0.29, 0.717) is 0 Å². The Bertz CT molecular complexity index is 631. The van der Waals surface area contributed by atoms with Gasteiger partial charge in [-0.15, -0.1) is 0 Å². The number of rotatable bonds is 6. The smallest absolute Gasteiger partial charge is 0.240 e. The average molecular weight is 298 g/mol. The van der Waals surface area contributed by atoms with Crippen LogP contribution < -0.4 is 0 Å².